The van der Waals surface area contributed by atoms with Gasteiger partial charge in [-0.05, 0) is 46.9 Å². The highest BCUT2D eigenvalue weighted by molar-refractivity contribution is 14.1. The van der Waals surface area contributed by atoms with Crippen molar-refractivity contribution in [3.8, 4) is 11.4 Å². The van der Waals surface area contributed by atoms with Gasteiger partial charge in [0.05, 0.1) is 11.0 Å². The monoisotopic (exact) mass is 398 g/mol. The molecule has 0 amide bonds. The number of nitrogens with one attached hydrogen (secondary N) is 1. The predicted octanol–water partition coefficient (Wildman–Crippen LogP) is 4.60. The summed E-state index contributed by atoms with van der Waals surface area (Å²) in [6, 6.07) is 14.2. The number of fused-ring (bicyclic) bond motifs is 1. The van der Waals surface area contributed by atoms with E-state index in [1.807, 2.05) is 36.4 Å². The SMILES string of the molecule is Brc1cccc(I)c1-c1nc2ccccc2[nH]1. The average Bonchev–Trinajstić information content (AvgIpc) is 2.71. The van der Waals surface area contributed by atoms with Crippen LogP contribution in [0.15, 0.2) is 46.9 Å². The van der Waals surface area contributed by atoms with Gasteiger partial charge >= 0.3 is 0 Å². The van der Waals surface area contributed by atoms with Gasteiger partial charge < -0.3 is 4.98 Å². The van der Waals surface area contributed by atoms with Crippen LogP contribution in [0.4, 0.5) is 0 Å². The molecule has 84 valence electrons. The first-order valence-corrected chi connectivity index (χ1v) is 7.02. The molecule has 0 aliphatic carbocycles. The van der Waals surface area contributed by atoms with Crippen molar-refractivity contribution in [3.63, 3.8) is 0 Å². The summed E-state index contributed by atoms with van der Waals surface area (Å²) in [5.74, 6) is 0.906. The highest BCUT2D eigenvalue weighted by Crippen LogP contribution is 2.31. The lowest BCUT2D eigenvalue weighted by Crippen LogP contribution is -1.86. The van der Waals surface area contributed by atoms with E-state index in [-0.39, 0.29) is 0 Å². The fraction of sp³-hybridized carbons (Fsp3) is 0. The molecule has 3 rings (SSSR count). The zero-order valence-corrected chi connectivity index (χ0v) is 12.5. The Balaban J connectivity index is 2.27. The number of hydrogen-bond acceptors (Lipinski definition) is 1. The molecule has 0 aliphatic heterocycles. The number of imidazole rings is 1. The van der Waals surface area contributed by atoms with Crippen molar-refractivity contribution in [1.82, 2.24) is 9.97 Å². The quantitative estimate of drug-likeness (QED) is 0.596. The standard InChI is InChI=1S/C13H8BrIN2/c14-8-4-3-5-9(15)12(8)13-16-10-6-1-2-7-11(10)17-13/h1-7H,(H,16,17). The van der Waals surface area contributed by atoms with E-state index in [4.69, 9.17) is 0 Å². The van der Waals surface area contributed by atoms with Crippen LogP contribution in [0.25, 0.3) is 22.4 Å². The first-order chi connectivity index (χ1) is 8.25. The molecule has 0 bridgehead atoms. The topological polar surface area (TPSA) is 28.7 Å². The Morgan fingerprint density at radius 2 is 1.88 bits per heavy atom. The van der Waals surface area contributed by atoms with Crippen molar-refractivity contribution in [2.24, 2.45) is 0 Å². The molecule has 1 heterocycles. The van der Waals surface area contributed by atoms with Crippen molar-refractivity contribution in [3.05, 3.63) is 50.5 Å². The van der Waals surface area contributed by atoms with Crippen LogP contribution in [-0.4, -0.2) is 9.97 Å². The molecular weight excluding hydrogens is 391 g/mol. The third-order valence-corrected chi connectivity index (χ3v) is 4.15. The van der Waals surface area contributed by atoms with Crippen LogP contribution in [0.3, 0.4) is 0 Å². The number of para-hydroxylation sites is 2. The van der Waals surface area contributed by atoms with Crippen LogP contribution < -0.4 is 0 Å². The maximum Gasteiger partial charge on any atom is 0.140 e. The molecule has 0 fully saturated rings. The molecule has 0 saturated heterocycles. The lowest BCUT2D eigenvalue weighted by molar-refractivity contribution is 1.32. The molecule has 0 unspecified atom stereocenters. The van der Waals surface area contributed by atoms with Crippen molar-refractivity contribution in [2.45, 2.75) is 0 Å². The number of hydrogen-bond donors (Lipinski definition) is 1. The second-order valence-electron chi connectivity index (χ2n) is 3.70. The van der Waals surface area contributed by atoms with E-state index >= 15 is 0 Å². The third kappa shape index (κ3) is 1.99. The maximum absolute atomic E-state index is 4.61. The largest absolute Gasteiger partial charge is 0.338 e. The number of H-pyrrole nitrogens is 1. The van der Waals surface area contributed by atoms with Gasteiger partial charge in [-0.1, -0.05) is 34.1 Å². The maximum atomic E-state index is 4.61. The number of nitrogens with zero attached hydrogens (tertiary/aromatic N) is 1. The highest BCUT2D eigenvalue weighted by atomic mass is 127. The number of halogens is 2. The summed E-state index contributed by atoms with van der Waals surface area (Å²) in [4.78, 5) is 7.96. The number of benzene rings is 2. The molecule has 1 N–H and O–H groups in total. The van der Waals surface area contributed by atoms with E-state index < -0.39 is 0 Å². The molecule has 0 spiro atoms. The molecule has 2 aromatic carbocycles. The summed E-state index contributed by atoms with van der Waals surface area (Å²) >= 11 is 5.90. The lowest BCUT2D eigenvalue weighted by atomic mass is 10.2. The fourth-order valence-corrected chi connectivity index (χ4v) is 3.47. The summed E-state index contributed by atoms with van der Waals surface area (Å²) in [6.45, 7) is 0. The van der Waals surface area contributed by atoms with Crippen LogP contribution >= 0.6 is 38.5 Å². The molecule has 0 radical (unpaired) electrons. The van der Waals surface area contributed by atoms with Crippen molar-refractivity contribution in [2.75, 3.05) is 0 Å². The Hall–Kier alpha value is -0.880. The van der Waals surface area contributed by atoms with Gasteiger partial charge in [0.25, 0.3) is 0 Å². The van der Waals surface area contributed by atoms with Gasteiger partial charge in [-0.3, -0.25) is 0 Å². The van der Waals surface area contributed by atoms with Gasteiger partial charge in [0.15, 0.2) is 0 Å². The Labute approximate surface area is 121 Å². The van der Waals surface area contributed by atoms with Crippen LogP contribution in [0.5, 0.6) is 0 Å². The van der Waals surface area contributed by atoms with Crippen molar-refractivity contribution in [1.29, 1.82) is 0 Å². The van der Waals surface area contributed by atoms with Crippen LogP contribution in [-0.2, 0) is 0 Å². The van der Waals surface area contributed by atoms with Gasteiger partial charge in [0.1, 0.15) is 5.82 Å². The summed E-state index contributed by atoms with van der Waals surface area (Å²) in [5.41, 5.74) is 3.17. The molecule has 0 atom stereocenters. The number of aromatic amines is 1. The first-order valence-electron chi connectivity index (χ1n) is 5.15. The minimum atomic E-state index is 0.906. The van der Waals surface area contributed by atoms with Crippen molar-refractivity contribution < 1.29 is 0 Å². The Bertz CT molecular complexity index is 637. The molecule has 2 nitrogen and oxygen atoms in total. The fourth-order valence-electron chi connectivity index (χ4n) is 1.80. The van der Waals surface area contributed by atoms with E-state index in [0.29, 0.717) is 0 Å². The number of aromatic nitrogens is 2. The van der Waals surface area contributed by atoms with Gasteiger partial charge in [0, 0.05) is 13.6 Å². The normalized spacial score (nSPS) is 10.9. The third-order valence-electron chi connectivity index (χ3n) is 2.59. The van der Waals surface area contributed by atoms with Gasteiger partial charge in [-0.2, -0.15) is 0 Å². The minimum absolute atomic E-state index is 0.906. The molecule has 17 heavy (non-hydrogen) atoms. The predicted molar refractivity (Wildman–Crippen MR) is 81.9 cm³/mol. The molecule has 3 aromatic rings. The van der Waals surface area contributed by atoms with E-state index in [1.165, 1.54) is 3.57 Å². The first kappa shape index (κ1) is 11.2. The van der Waals surface area contributed by atoms with Crippen LogP contribution in [0, 0.1) is 3.57 Å². The van der Waals surface area contributed by atoms with Gasteiger partial charge in [-0.15, -0.1) is 0 Å². The Morgan fingerprint density at radius 1 is 1.06 bits per heavy atom. The molecule has 0 aliphatic rings. The second kappa shape index (κ2) is 4.42. The zero-order valence-electron chi connectivity index (χ0n) is 8.74. The second-order valence-corrected chi connectivity index (χ2v) is 5.72. The van der Waals surface area contributed by atoms with Crippen LogP contribution in [0.2, 0.25) is 0 Å². The average molecular weight is 399 g/mol. The minimum Gasteiger partial charge on any atom is -0.338 e. The summed E-state index contributed by atoms with van der Waals surface area (Å²) in [6.07, 6.45) is 0. The molecular formula is C13H8BrIN2. The van der Waals surface area contributed by atoms with Gasteiger partial charge in [-0.25, -0.2) is 4.98 Å². The van der Waals surface area contributed by atoms with Crippen LogP contribution in [0.1, 0.15) is 0 Å². The summed E-state index contributed by atoms with van der Waals surface area (Å²) < 4.78 is 2.24. The van der Waals surface area contributed by atoms with Gasteiger partial charge in [0.2, 0.25) is 0 Å². The Kier molecular flexibility index (Phi) is 2.92. The van der Waals surface area contributed by atoms with E-state index in [0.717, 1.165) is 26.9 Å². The summed E-state index contributed by atoms with van der Waals surface area (Å²) in [7, 11) is 0. The van der Waals surface area contributed by atoms with E-state index in [1.54, 1.807) is 0 Å². The lowest BCUT2D eigenvalue weighted by Gasteiger charge is -2.03. The van der Waals surface area contributed by atoms with E-state index in [9.17, 15) is 0 Å². The zero-order chi connectivity index (χ0) is 11.8. The molecule has 0 saturated carbocycles. The highest BCUT2D eigenvalue weighted by Gasteiger charge is 2.11. The van der Waals surface area contributed by atoms with E-state index in [2.05, 4.69) is 54.6 Å². The smallest absolute Gasteiger partial charge is 0.140 e. The number of rotatable bonds is 1. The molecule has 4 heteroatoms. The Morgan fingerprint density at radius 3 is 2.65 bits per heavy atom. The molecule has 1 aromatic heterocycles. The van der Waals surface area contributed by atoms with Crippen molar-refractivity contribution >= 4 is 49.6 Å². The summed E-state index contributed by atoms with van der Waals surface area (Å²) in [5, 5.41) is 0.